The van der Waals surface area contributed by atoms with Gasteiger partial charge in [-0.15, -0.1) is 0 Å². The molecule has 9 heteroatoms. The molecule has 2 aromatic carbocycles. The lowest BCUT2D eigenvalue weighted by Crippen LogP contribution is -2.09. The lowest BCUT2D eigenvalue weighted by molar-refractivity contribution is -0.384. The molecular formula is C20H13N3O5S. The highest BCUT2D eigenvalue weighted by Crippen LogP contribution is 2.38. The maximum Gasteiger partial charge on any atom is 0.338 e. The third-order valence-electron chi connectivity index (χ3n) is 4.29. The van der Waals surface area contributed by atoms with Crippen LogP contribution in [-0.4, -0.2) is 28.1 Å². The predicted octanol–water partition coefficient (Wildman–Crippen LogP) is 4.56. The summed E-state index contributed by atoms with van der Waals surface area (Å²) in [5.74, 6) is -0.788. The lowest BCUT2D eigenvalue weighted by atomic mass is 9.91. The molecule has 0 aliphatic heterocycles. The fourth-order valence-corrected chi connectivity index (χ4v) is 3.26. The van der Waals surface area contributed by atoms with E-state index in [1.54, 1.807) is 24.3 Å². The summed E-state index contributed by atoms with van der Waals surface area (Å²) in [5, 5.41) is 31.1. The largest absolute Gasteiger partial charge is 0.497 e. The van der Waals surface area contributed by atoms with Crippen molar-refractivity contribution in [3.05, 3.63) is 74.4 Å². The van der Waals surface area contributed by atoms with Crippen LogP contribution in [0.2, 0.25) is 0 Å². The number of methoxy groups -OCH3 is 1. The van der Waals surface area contributed by atoms with Crippen molar-refractivity contribution in [1.82, 2.24) is 4.98 Å². The molecule has 0 saturated carbocycles. The molecule has 0 bridgehead atoms. The van der Waals surface area contributed by atoms with Crippen molar-refractivity contribution in [2.24, 2.45) is 0 Å². The van der Waals surface area contributed by atoms with Gasteiger partial charge in [-0.2, -0.15) is 5.26 Å². The molecular weight excluding hydrogens is 394 g/mol. The van der Waals surface area contributed by atoms with Crippen molar-refractivity contribution >= 4 is 23.9 Å². The molecule has 3 aromatic rings. The molecule has 0 aliphatic carbocycles. The SMILES string of the molecule is COc1ccc(-c2[nH]c(=S)c(C#N)c(-c3ccccc3[N+](=O)[O-])c2C(=O)O)cc1. The Morgan fingerprint density at radius 2 is 1.90 bits per heavy atom. The summed E-state index contributed by atoms with van der Waals surface area (Å²) in [7, 11) is 1.50. The Morgan fingerprint density at radius 3 is 2.45 bits per heavy atom. The number of para-hydroxylation sites is 1. The number of carboxylic acids is 1. The van der Waals surface area contributed by atoms with Crippen molar-refractivity contribution in [1.29, 1.82) is 5.26 Å². The number of benzene rings is 2. The number of H-pyrrole nitrogens is 1. The van der Waals surface area contributed by atoms with Crippen LogP contribution in [0.1, 0.15) is 15.9 Å². The minimum Gasteiger partial charge on any atom is -0.497 e. The number of nitro groups is 1. The first-order valence-electron chi connectivity index (χ1n) is 8.21. The van der Waals surface area contributed by atoms with Crippen molar-refractivity contribution in [2.75, 3.05) is 7.11 Å². The molecule has 0 aliphatic rings. The maximum absolute atomic E-state index is 12.2. The quantitative estimate of drug-likeness (QED) is 0.360. The minimum absolute atomic E-state index is 0.00121. The monoisotopic (exact) mass is 407 g/mol. The van der Waals surface area contributed by atoms with Crippen LogP contribution in [0.4, 0.5) is 5.69 Å². The van der Waals surface area contributed by atoms with Crippen LogP contribution >= 0.6 is 12.2 Å². The highest BCUT2D eigenvalue weighted by Gasteiger charge is 2.27. The molecule has 8 nitrogen and oxygen atoms in total. The summed E-state index contributed by atoms with van der Waals surface area (Å²) in [6, 6.07) is 14.0. The molecule has 0 radical (unpaired) electrons. The van der Waals surface area contributed by atoms with E-state index in [-0.39, 0.29) is 38.3 Å². The van der Waals surface area contributed by atoms with Gasteiger partial charge in [0, 0.05) is 11.6 Å². The fourth-order valence-electron chi connectivity index (χ4n) is 3.01. The Balaban J connectivity index is 2.46. The number of ether oxygens (including phenoxy) is 1. The van der Waals surface area contributed by atoms with Gasteiger partial charge in [0.2, 0.25) is 0 Å². The molecule has 2 N–H and O–H groups in total. The van der Waals surface area contributed by atoms with E-state index in [1.807, 2.05) is 6.07 Å². The second-order valence-corrected chi connectivity index (χ2v) is 6.28. The second-order valence-electron chi connectivity index (χ2n) is 5.87. The number of carbonyl (C=O) groups is 1. The third-order valence-corrected chi connectivity index (χ3v) is 4.60. The van der Waals surface area contributed by atoms with Gasteiger partial charge in [0.05, 0.1) is 34.4 Å². The first kappa shape index (κ1) is 19.7. The van der Waals surface area contributed by atoms with Gasteiger partial charge in [-0.25, -0.2) is 4.79 Å². The standard InChI is InChI=1S/C20H13N3O5S/c1-28-12-8-6-11(7-9-12)18-17(20(24)25)16(14(10-21)19(29)22-18)13-4-2-3-5-15(13)23(26)27/h2-9H,1H3,(H,22,29)(H,24,25). The predicted molar refractivity (Wildman–Crippen MR) is 107 cm³/mol. The number of aromatic amines is 1. The number of nitriles is 1. The van der Waals surface area contributed by atoms with E-state index < -0.39 is 10.9 Å². The van der Waals surface area contributed by atoms with Crippen LogP contribution in [0.3, 0.4) is 0 Å². The Hall–Kier alpha value is -4.03. The zero-order valence-electron chi connectivity index (χ0n) is 15.0. The number of pyridine rings is 1. The smallest absolute Gasteiger partial charge is 0.338 e. The van der Waals surface area contributed by atoms with Gasteiger partial charge < -0.3 is 14.8 Å². The molecule has 0 unspecified atom stereocenters. The number of rotatable bonds is 5. The van der Waals surface area contributed by atoms with Crippen molar-refractivity contribution in [2.45, 2.75) is 0 Å². The van der Waals surface area contributed by atoms with Crippen molar-refractivity contribution in [3.63, 3.8) is 0 Å². The topological polar surface area (TPSA) is 129 Å². The van der Waals surface area contributed by atoms with Gasteiger partial charge in [0.15, 0.2) is 0 Å². The highest BCUT2D eigenvalue weighted by atomic mass is 32.1. The van der Waals surface area contributed by atoms with Crippen LogP contribution in [0.15, 0.2) is 48.5 Å². The Labute approximate surface area is 169 Å². The Kier molecular flexibility index (Phi) is 5.38. The number of hydrogen-bond donors (Lipinski definition) is 2. The van der Waals surface area contributed by atoms with Crippen LogP contribution < -0.4 is 4.74 Å². The zero-order valence-corrected chi connectivity index (χ0v) is 15.8. The Morgan fingerprint density at radius 1 is 1.24 bits per heavy atom. The van der Waals surface area contributed by atoms with Gasteiger partial charge in [-0.1, -0.05) is 24.4 Å². The highest BCUT2D eigenvalue weighted by molar-refractivity contribution is 7.71. The van der Waals surface area contributed by atoms with Crippen LogP contribution in [0.25, 0.3) is 22.4 Å². The van der Waals surface area contributed by atoms with Crippen molar-refractivity contribution < 1.29 is 19.6 Å². The van der Waals surface area contributed by atoms with Crippen LogP contribution in [-0.2, 0) is 0 Å². The van der Waals surface area contributed by atoms with Gasteiger partial charge in [-0.3, -0.25) is 10.1 Å². The van der Waals surface area contributed by atoms with Gasteiger partial charge >= 0.3 is 5.97 Å². The van der Waals surface area contributed by atoms with E-state index in [0.29, 0.717) is 11.3 Å². The number of nitrogens with one attached hydrogen (secondary N) is 1. The van der Waals surface area contributed by atoms with E-state index in [9.17, 15) is 25.3 Å². The summed E-state index contributed by atoms with van der Waals surface area (Å²) in [6.45, 7) is 0. The number of aromatic nitrogens is 1. The van der Waals surface area contributed by atoms with Crippen molar-refractivity contribution in [3.8, 4) is 34.2 Å². The molecule has 0 amide bonds. The number of nitrogens with zero attached hydrogens (tertiary/aromatic N) is 2. The summed E-state index contributed by atoms with van der Waals surface area (Å²) >= 11 is 5.26. The van der Waals surface area contributed by atoms with E-state index in [0.717, 1.165) is 0 Å². The molecule has 1 heterocycles. The van der Waals surface area contributed by atoms with Crippen LogP contribution in [0, 0.1) is 26.1 Å². The van der Waals surface area contributed by atoms with E-state index in [4.69, 9.17) is 17.0 Å². The number of aromatic carboxylic acids is 1. The molecule has 1 aromatic heterocycles. The van der Waals surface area contributed by atoms with E-state index in [2.05, 4.69) is 4.98 Å². The first-order chi connectivity index (χ1) is 13.9. The number of nitro benzene ring substituents is 1. The van der Waals surface area contributed by atoms with Gasteiger partial charge in [-0.05, 0) is 35.9 Å². The number of carboxylic acid groups (broad SMARTS) is 1. The molecule has 0 fully saturated rings. The molecule has 0 spiro atoms. The Bertz CT molecular complexity index is 1230. The average molecular weight is 407 g/mol. The third kappa shape index (κ3) is 3.56. The molecule has 144 valence electrons. The van der Waals surface area contributed by atoms with E-state index in [1.165, 1.54) is 31.4 Å². The van der Waals surface area contributed by atoms with Crippen LogP contribution in [0.5, 0.6) is 5.75 Å². The summed E-state index contributed by atoms with van der Waals surface area (Å²) < 4.78 is 5.10. The fraction of sp³-hybridized carbons (Fsp3) is 0.0500. The second kappa shape index (κ2) is 7.92. The first-order valence-corrected chi connectivity index (χ1v) is 8.61. The van der Waals surface area contributed by atoms with Gasteiger partial charge in [0.1, 0.15) is 16.5 Å². The summed E-state index contributed by atoms with van der Waals surface area (Å²) in [4.78, 5) is 25.9. The molecule has 3 rings (SSSR count). The summed E-state index contributed by atoms with van der Waals surface area (Å²) in [6.07, 6.45) is 0. The van der Waals surface area contributed by atoms with Gasteiger partial charge in [0.25, 0.3) is 5.69 Å². The normalized spacial score (nSPS) is 10.2. The lowest BCUT2D eigenvalue weighted by Gasteiger charge is -2.15. The average Bonchev–Trinajstić information content (AvgIpc) is 2.72. The maximum atomic E-state index is 12.2. The summed E-state index contributed by atoms with van der Waals surface area (Å²) in [5.41, 5.74) is -0.245. The molecule has 0 saturated heterocycles. The van der Waals surface area contributed by atoms with E-state index >= 15 is 0 Å². The number of hydrogen-bond acceptors (Lipinski definition) is 6. The molecule has 0 atom stereocenters. The zero-order chi connectivity index (χ0) is 21.1. The minimum atomic E-state index is -1.35. The molecule has 29 heavy (non-hydrogen) atoms.